The summed E-state index contributed by atoms with van der Waals surface area (Å²) in [5, 5.41) is 10.2. The summed E-state index contributed by atoms with van der Waals surface area (Å²) >= 11 is 3.41. The van der Waals surface area contributed by atoms with Crippen molar-refractivity contribution in [3.05, 3.63) is 64.1 Å². The van der Waals surface area contributed by atoms with Gasteiger partial charge in [-0.25, -0.2) is 0 Å². The second kappa shape index (κ2) is 6.91. The third kappa shape index (κ3) is 3.84. The molecule has 0 aliphatic carbocycles. The molecule has 1 atom stereocenters. The molecule has 0 saturated carbocycles. The van der Waals surface area contributed by atoms with Crippen molar-refractivity contribution >= 4 is 21.6 Å². The minimum absolute atomic E-state index is 0.422. The minimum atomic E-state index is -0.422. The van der Waals surface area contributed by atoms with Crippen LogP contribution in [0.1, 0.15) is 23.7 Å². The van der Waals surface area contributed by atoms with E-state index < -0.39 is 6.10 Å². The first kappa shape index (κ1) is 15.1. The van der Waals surface area contributed by atoms with Crippen LogP contribution in [0.2, 0.25) is 0 Å². The maximum Gasteiger partial charge on any atom is 0.0806 e. The van der Waals surface area contributed by atoms with Crippen LogP contribution in [0, 0.1) is 6.92 Å². The lowest BCUT2D eigenvalue weighted by atomic mass is 10.1. The van der Waals surface area contributed by atoms with Crippen molar-refractivity contribution in [3.8, 4) is 0 Å². The molecule has 106 valence electrons. The predicted octanol–water partition coefficient (Wildman–Crippen LogP) is 4.32. The van der Waals surface area contributed by atoms with Gasteiger partial charge in [0.25, 0.3) is 0 Å². The molecule has 0 aliphatic heterocycles. The van der Waals surface area contributed by atoms with Crippen molar-refractivity contribution in [2.45, 2.75) is 19.4 Å². The van der Waals surface area contributed by atoms with Crippen molar-refractivity contribution in [2.75, 3.05) is 18.5 Å². The van der Waals surface area contributed by atoms with E-state index in [0.29, 0.717) is 6.42 Å². The first-order valence-electron chi connectivity index (χ1n) is 6.78. The molecular weight excluding hydrogens is 314 g/mol. The van der Waals surface area contributed by atoms with Crippen molar-refractivity contribution in [1.29, 1.82) is 0 Å². The third-order valence-electron chi connectivity index (χ3n) is 3.52. The maximum atomic E-state index is 10.2. The molecule has 0 aromatic heterocycles. The fraction of sp³-hybridized carbons (Fsp3) is 0.294. The van der Waals surface area contributed by atoms with Gasteiger partial charge in [0.15, 0.2) is 0 Å². The van der Waals surface area contributed by atoms with Crippen LogP contribution in [0.25, 0.3) is 0 Å². The van der Waals surface area contributed by atoms with E-state index >= 15 is 0 Å². The average molecular weight is 334 g/mol. The van der Waals surface area contributed by atoms with Gasteiger partial charge in [-0.3, -0.25) is 0 Å². The zero-order valence-corrected chi connectivity index (χ0v) is 13.5. The number of hydrogen-bond acceptors (Lipinski definition) is 2. The maximum absolute atomic E-state index is 10.2. The number of aryl methyl sites for hydroxylation is 1. The van der Waals surface area contributed by atoms with E-state index in [0.717, 1.165) is 16.6 Å². The summed E-state index contributed by atoms with van der Waals surface area (Å²) in [4.78, 5) is 2.19. The summed E-state index contributed by atoms with van der Waals surface area (Å²) in [5.74, 6) is 0. The van der Waals surface area contributed by atoms with Gasteiger partial charge in [-0.2, -0.15) is 0 Å². The highest BCUT2D eigenvalue weighted by molar-refractivity contribution is 9.10. The molecule has 0 heterocycles. The molecule has 0 fully saturated rings. The second-order valence-corrected chi connectivity index (χ2v) is 5.98. The molecule has 0 aliphatic rings. The van der Waals surface area contributed by atoms with Gasteiger partial charge in [0.05, 0.1) is 6.10 Å². The number of aliphatic hydroxyl groups is 1. The van der Waals surface area contributed by atoms with E-state index in [-0.39, 0.29) is 0 Å². The summed E-state index contributed by atoms with van der Waals surface area (Å²) < 4.78 is 1.03. The Balaban J connectivity index is 1.95. The molecule has 1 N–H and O–H groups in total. The van der Waals surface area contributed by atoms with Gasteiger partial charge in [0, 0.05) is 23.8 Å². The lowest BCUT2D eigenvalue weighted by molar-refractivity contribution is 0.170. The molecule has 1 unspecified atom stereocenters. The quantitative estimate of drug-likeness (QED) is 0.880. The van der Waals surface area contributed by atoms with Crippen LogP contribution in [0.15, 0.2) is 53.0 Å². The van der Waals surface area contributed by atoms with Crippen LogP contribution >= 0.6 is 15.9 Å². The summed E-state index contributed by atoms with van der Waals surface area (Å²) in [6.45, 7) is 2.93. The molecule has 2 aromatic carbocycles. The van der Waals surface area contributed by atoms with Gasteiger partial charge < -0.3 is 10.0 Å². The van der Waals surface area contributed by atoms with Crippen LogP contribution in [-0.2, 0) is 0 Å². The molecule has 0 amide bonds. The normalized spacial score (nSPS) is 12.2. The highest BCUT2D eigenvalue weighted by Crippen LogP contribution is 2.22. The second-order valence-electron chi connectivity index (χ2n) is 5.06. The first-order chi connectivity index (χ1) is 9.58. The van der Waals surface area contributed by atoms with Gasteiger partial charge in [-0.1, -0.05) is 46.3 Å². The Bertz CT molecular complexity index is 553. The monoisotopic (exact) mass is 333 g/mol. The molecule has 20 heavy (non-hydrogen) atoms. The Hall–Kier alpha value is -1.32. The number of para-hydroxylation sites is 1. The largest absolute Gasteiger partial charge is 0.388 e. The zero-order chi connectivity index (χ0) is 14.5. The zero-order valence-electron chi connectivity index (χ0n) is 11.9. The van der Waals surface area contributed by atoms with Gasteiger partial charge in [0.2, 0.25) is 0 Å². The fourth-order valence-electron chi connectivity index (χ4n) is 2.28. The SMILES string of the molecule is Cc1ccccc1N(C)CCC(O)c1ccc(Br)cc1. The number of benzene rings is 2. The highest BCUT2D eigenvalue weighted by atomic mass is 79.9. The summed E-state index contributed by atoms with van der Waals surface area (Å²) in [6.07, 6.45) is 0.293. The number of halogens is 1. The van der Waals surface area contributed by atoms with Crippen LogP contribution < -0.4 is 4.90 Å². The molecule has 0 spiro atoms. The van der Waals surface area contributed by atoms with E-state index in [4.69, 9.17) is 0 Å². The number of anilines is 1. The average Bonchev–Trinajstić information content (AvgIpc) is 2.45. The molecule has 0 bridgehead atoms. The van der Waals surface area contributed by atoms with E-state index in [2.05, 4.69) is 46.9 Å². The molecule has 2 aromatic rings. The van der Waals surface area contributed by atoms with Gasteiger partial charge in [-0.15, -0.1) is 0 Å². The Labute approximate surface area is 129 Å². The summed E-state index contributed by atoms with van der Waals surface area (Å²) in [6, 6.07) is 16.2. The molecular formula is C17H20BrNO. The molecule has 3 heteroatoms. The lowest BCUT2D eigenvalue weighted by Crippen LogP contribution is -2.21. The standard InChI is InChI=1S/C17H20BrNO/c1-13-5-3-4-6-16(13)19(2)12-11-17(20)14-7-9-15(18)10-8-14/h3-10,17,20H,11-12H2,1-2H3. The highest BCUT2D eigenvalue weighted by Gasteiger charge is 2.10. The third-order valence-corrected chi connectivity index (χ3v) is 4.05. The Morgan fingerprint density at radius 3 is 2.40 bits per heavy atom. The Morgan fingerprint density at radius 1 is 1.10 bits per heavy atom. The lowest BCUT2D eigenvalue weighted by Gasteiger charge is -2.23. The number of aliphatic hydroxyl groups excluding tert-OH is 1. The van der Waals surface area contributed by atoms with Gasteiger partial charge in [-0.05, 0) is 42.7 Å². The fourth-order valence-corrected chi connectivity index (χ4v) is 2.54. The summed E-state index contributed by atoms with van der Waals surface area (Å²) in [5.41, 5.74) is 3.44. The van der Waals surface area contributed by atoms with Crippen molar-refractivity contribution in [3.63, 3.8) is 0 Å². The summed E-state index contributed by atoms with van der Waals surface area (Å²) in [7, 11) is 2.07. The van der Waals surface area contributed by atoms with Crippen LogP contribution in [-0.4, -0.2) is 18.7 Å². The topological polar surface area (TPSA) is 23.5 Å². The van der Waals surface area contributed by atoms with E-state index in [1.807, 2.05) is 36.4 Å². The van der Waals surface area contributed by atoms with Gasteiger partial charge in [0.1, 0.15) is 0 Å². The van der Waals surface area contributed by atoms with Crippen molar-refractivity contribution in [1.82, 2.24) is 0 Å². The van der Waals surface area contributed by atoms with Crippen molar-refractivity contribution < 1.29 is 5.11 Å². The Morgan fingerprint density at radius 2 is 1.75 bits per heavy atom. The van der Waals surface area contributed by atoms with Crippen LogP contribution in [0.4, 0.5) is 5.69 Å². The van der Waals surface area contributed by atoms with Crippen molar-refractivity contribution in [2.24, 2.45) is 0 Å². The van der Waals surface area contributed by atoms with E-state index in [1.54, 1.807) is 0 Å². The van der Waals surface area contributed by atoms with Gasteiger partial charge >= 0.3 is 0 Å². The number of nitrogens with zero attached hydrogens (tertiary/aromatic N) is 1. The van der Waals surface area contributed by atoms with Crippen LogP contribution in [0.3, 0.4) is 0 Å². The van der Waals surface area contributed by atoms with Crippen LogP contribution in [0.5, 0.6) is 0 Å². The smallest absolute Gasteiger partial charge is 0.0806 e. The minimum Gasteiger partial charge on any atom is -0.388 e. The van der Waals surface area contributed by atoms with E-state index in [1.165, 1.54) is 11.3 Å². The number of hydrogen-bond donors (Lipinski definition) is 1. The molecule has 2 rings (SSSR count). The Kier molecular flexibility index (Phi) is 5.21. The number of rotatable bonds is 5. The molecule has 0 saturated heterocycles. The van der Waals surface area contributed by atoms with E-state index in [9.17, 15) is 5.11 Å². The predicted molar refractivity (Wildman–Crippen MR) is 88.2 cm³/mol. The molecule has 0 radical (unpaired) electrons. The first-order valence-corrected chi connectivity index (χ1v) is 7.57. The molecule has 2 nitrogen and oxygen atoms in total.